The summed E-state index contributed by atoms with van der Waals surface area (Å²) >= 11 is 0. The second-order valence-electron chi connectivity index (χ2n) is 5.53. The van der Waals surface area contributed by atoms with Crippen LogP contribution in [0.2, 0.25) is 0 Å². The molecule has 1 rings (SSSR count). The van der Waals surface area contributed by atoms with Crippen LogP contribution in [0.25, 0.3) is 0 Å². The molecule has 0 fully saturated rings. The predicted octanol–water partition coefficient (Wildman–Crippen LogP) is 4.31. The van der Waals surface area contributed by atoms with Crippen molar-refractivity contribution in [1.29, 1.82) is 0 Å². The van der Waals surface area contributed by atoms with Crippen molar-refractivity contribution in [2.24, 2.45) is 0 Å². The fraction of sp³-hybridized carbons (Fsp3) is 0.562. The molecule has 19 heavy (non-hydrogen) atoms. The number of ether oxygens (including phenoxy) is 1. The van der Waals surface area contributed by atoms with Gasteiger partial charge in [0.15, 0.2) is 0 Å². The van der Waals surface area contributed by atoms with Crippen LogP contribution in [0.3, 0.4) is 0 Å². The van der Waals surface area contributed by atoms with Gasteiger partial charge in [-0.1, -0.05) is 29.8 Å². The maximum atomic E-state index is 12.2. The molecule has 3 heteroatoms. The van der Waals surface area contributed by atoms with E-state index in [0.717, 1.165) is 5.56 Å². The van der Waals surface area contributed by atoms with E-state index in [1.165, 1.54) is 5.56 Å². The third-order valence-electron chi connectivity index (χ3n) is 3.15. The Balaban J connectivity index is 2.72. The molecule has 1 atom stereocenters. The highest BCUT2D eigenvalue weighted by atomic mass is 16.6. The highest BCUT2D eigenvalue weighted by Gasteiger charge is 2.23. The third-order valence-corrected chi connectivity index (χ3v) is 3.15. The number of rotatable bonds is 4. The number of hydrogen-bond acceptors (Lipinski definition) is 2. The summed E-state index contributed by atoms with van der Waals surface area (Å²) in [5.74, 6) is 0. The molecular weight excluding hydrogens is 238 g/mol. The fourth-order valence-electron chi connectivity index (χ4n) is 2.14. The summed E-state index contributed by atoms with van der Waals surface area (Å²) in [5, 5.41) is 0. The number of carbonyl (C=O) groups is 1. The first-order valence-corrected chi connectivity index (χ1v) is 6.88. The minimum Gasteiger partial charge on any atom is -0.442 e. The fourth-order valence-corrected chi connectivity index (χ4v) is 2.14. The molecule has 1 aromatic rings. The van der Waals surface area contributed by atoms with Gasteiger partial charge in [0.25, 0.3) is 0 Å². The number of aryl methyl sites for hydroxylation is 1. The molecule has 1 amide bonds. The second-order valence-corrected chi connectivity index (χ2v) is 5.53. The van der Waals surface area contributed by atoms with Crippen molar-refractivity contribution in [3.05, 3.63) is 35.4 Å². The van der Waals surface area contributed by atoms with Crippen LogP contribution in [-0.4, -0.2) is 23.1 Å². The summed E-state index contributed by atoms with van der Waals surface area (Å²) in [6.45, 7) is 11.9. The Labute approximate surface area is 116 Å². The molecule has 0 aliphatic heterocycles. The van der Waals surface area contributed by atoms with Crippen LogP contribution in [-0.2, 0) is 4.74 Å². The first kappa shape index (κ1) is 15.5. The minimum absolute atomic E-state index is 0.137. The van der Waals surface area contributed by atoms with E-state index >= 15 is 0 Å². The van der Waals surface area contributed by atoms with Crippen molar-refractivity contribution < 1.29 is 9.53 Å². The van der Waals surface area contributed by atoms with Crippen LogP contribution in [0.15, 0.2) is 24.3 Å². The Morgan fingerprint density at radius 2 is 1.47 bits per heavy atom. The molecule has 0 saturated heterocycles. The van der Waals surface area contributed by atoms with Crippen LogP contribution < -0.4 is 0 Å². The van der Waals surface area contributed by atoms with Gasteiger partial charge in [-0.15, -0.1) is 0 Å². The van der Waals surface area contributed by atoms with E-state index in [9.17, 15) is 4.79 Å². The lowest BCUT2D eigenvalue weighted by Crippen LogP contribution is -2.42. The predicted molar refractivity (Wildman–Crippen MR) is 78.2 cm³/mol. The highest BCUT2D eigenvalue weighted by Crippen LogP contribution is 2.19. The van der Waals surface area contributed by atoms with Crippen LogP contribution >= 0.6 is 0 Å². The van der Waals surface area contributed by atoms with Crippen molar-refractivity contribution in [3.63, 3.8) is 0 Å². The molecule has 106 valence electrons. The molecule has 1 unspecified atom stereocenters. The van der Waals surface area contributed by atoms with Crippen LogP contribution in [0.1, 0.15) is 51.8 Å². The molecule has 0 heterocycles. The average molecular weight is 263 g/mol. The summed E-state index contributed by atoms with van der Waals surface area (Å²) in [4.78, 5) is 13.9. The normalized spacial score (nSPS) is 12.6. The van der Waals surface area contributed by atoms with Gasteiger partial charge in [0, 0.05) is 12.1 Å². The van der Waals surface area contributed by atoms with E-state index in [4.69, 9.17) is 4.74 Å². The van der Waals surface area contributed by atoms with Crippen LogP contribution in [0.5, 0.6) is 0 Å². The summed E-state index contributed by atoms with van der Waals surface area (Å²) in [6, 6.07) is 8.34. The van der Waals surface area contributed by atoms with Crippen LogP contribution in [0.4, 0.5) is 4.79 Å². The molecule has 0 aliphatic carbocycles. The number of hydrogen-bond donors (Lipinski definition) is 0. The standard InChI is InChI=1S/C16H25NO2/c1-11(2)17(12(3)4)16(18)19-14(6)15-9-7-13(5)8-10-15/h7-12,14H,1-6H3. The summed E-state index contributed by atoms with van der Waals surface area (Å²) in [6.07, 6.45) is -0.480. The summed E-state index contributed by atoms with van der Waals surface area (Å²) in [7, 11) is 0. The van der Waals surface area contributed by atoms with Gasteiger partial charge in [0.2, 0.25) is 0 Å². The first-order valence-electron chi connectivity index (χ1n) is 6.88. The minimum atomic E-state index is -0.252. The molecule has 0 saturated carbocycles. The zero-order valence-electron chi connectivity index (χ0n) is 12.8. The maximum Gasteiger partial charge on any atom is 0.410 e. The molecule has 1 aromatic carbocycles. The van der Waals surface area contributed by atoms with E-state index in [2.05, 4.69) is 0 Å². The topological polar surface area (TPSA) is 29.5 Å². The second kappa shape index (κ2) is 6.60. The number of benzene rings is 1. The largest absolute Gasteiger partial charge is 0.442 e. The maximum absolute atomic E-state index is 12.2. The van der Waals surface area contributed by atoms with E-state index in [0.29, 0.717) is 0 Å². The Bertz CT molecular complexity index is 401. The molecule has 0 aromatic heterocycles. The highest BCUT2D eigenvalue weighted by molar-refractivity contribution is 5.68. The van der Waals surface area contributed by atoms with Gasteiger partial charge < -0.3 is 9.64 Å². The third kappa shape index (κ3) is 4.27. The molecule has 0 aliphatic rings. The summed E-state index contributed by atoms with van der Waals surface area (Å²) in [5.41, 5.74) is 2.22. The molecular formula is C16H25NO2. The monoisotopic (exact) mass is 263 g/mol. The SMILES string of the molecule is Cc1ccc(C(C)OC(=O)N(C(C)C)C(C)C)cc1. The Hall–Kier alpha value is -1.51. The van der Waals surface area contributed by atoms with Gasteiger partial charge in [0.05, 0.1) is 0 Å². The summed E-state index contributed by atoms with van der Waals surface area (Å²) < 4.78 is 5.55. The molecule has 0 bridgehead atoms. The van der Waals surface area contributed by atoms with E-state index < -0.39 is 0 Å². The lowest BCUT2D eigenvalue weighted by molar-refractivity contribution is 0.0511. The van der Waals surface area contributed by atoms with Crippen LogP contribution in [0, 0.1) is 6.92 Å². The van der Waals surface area contributed by atoms with Gasteiger partial charge in [0.1, 0.15) is 6.10 Å². The van der Waals surface area contributed by atoms with Crippen molar-refractivity contribution in [1.82, 2.24) is 4.90 Å². The van der Waals surface area contributed by atoms with Gasteiger partial charge in [-0.2, -0.15) is 0 Å². The zero-order valence-corrected chi connectivity index (χ0v) is 12.8. The van der Waals surface area contributed by atoms with Gasteiger partial charge in [-0.3, -0.25) is 0 Å². The number of nitrogens with zero attached hydrogens (tertiary/aromatic N) is 1. The van der Waals surface area contributed by atoms with E-state index in [1.54, 1.807) is 4.90 Å². The van der Waals surface area contributed by atoms with Crippen molar-refractivity contribution in [2.75, 3.05) is 0 Å². The van der Waals surface area contributed by atoms with E-state index in [1.807, 2.05) is 65.8 Å². The lowest BCUT2D eigenvalue weighted by atomic mass is 10.1. The number of amides is 1. The van der Waals surface area contributed by atoms with Gasteiger partial charge in [-0.05, 0) is 47.1 Å². The lowest BCUT2D eigenvalue weighted by Gasteiger charge is -2.31. The van der Waals surface area contributed by atoms with Gasteiger partial charge >= 0.3 is 6.09 Å². The average Bonchev–Trinajstić information content (AvgIpc) is 2.28. The van der Waals surface area contributed by atoms with Crippen molar-refractivity contribution in [2.45, 2.75) is 59.7 Å². The van der Waals surface area contributed by atoms with Crippen molar-refractivity contribution >= 4 is 6.09 Å². The van der Waals surface area contributed by atoms with Gasteiger partial charge in [-0.25, -0.2) is 4.79 Å². The molecule has 0 radical (unpaired) electrons. The molecule has 3 nitrogen and oxygen atoms in total. The molecule has 0 N–H and O–H groups in total. The quantitative estimate of drug-likeness (QED) is 0.810. The Morgan fingerprint density at radius 1 is 1.00 bits per heavy atom. The van der Waals surface area contributed by atoms with E-state index in [-0.39, 0.29) is 24.3 Å². The van der Waals surface area contributed by atoms with Crippen molar-refractivity contribution in [3.8, 4) is 0 Å². The zero-order chi connectivity index (χ0) is 14.6. The molecule has 0 spiro atoms. The smallest absolute Gasteiger partial charge is 0.410 e. The Morgan fingerprint density at radius 3 is 1.89 bits per heavy atom. The number of carbonyl (C=O) groups excluding carboxylic acids is 1. The Kier molecular flexibility index (Phi) is 5.40. The first-order chi connectivity index (χ1) is 8.82.